The molecule has 1 aromatic heterocycles. The number of carboxylic acid groups (broad SMARTS) is 1. The molecular weight excluding hydrogens is 338 g/mol. The molecule has 1 aromatic rings. The smallest absolute Gasteiger partial charge is 0.371 e. The van der Waals surface area contributed by atoms with Gasteiger partial charge in [-0.1, -0.05) is 20.8 Å². The van der Waals surface area contributed by atoms with Crippen molar-refractivity contribution in [3.63, 3.8) is 0 Å². The number of hydrogen-bond donors (Lipinski definition) is 2. The summed E-state index contributed by atoms with van der Waals surface area (Å²) >= 11 is 2.92. The number of furan rings is 1. The Balaban J connectivity index is 3.10. The van der Waals surface area contributed by atoms with Crippen molar-refractivity contribution in [1.82, 2.24) is 4.72 Å². The number of carboxylic acids is 1. The van der Waals surface area contributed by atoms with E-state index in [0.717, 1.165) is 6.07 Å². The van der Waals surface area contributed by atoms with Crippen LogP contribution in [0.25, 0.3) is 0 Å². The zero-order valence-electron chi connectivity index (χ0n) is 10.8. The lowest BCUT2D eigenvalue weighted by Gasteiger charge is -2.20. The fourth-order valence-electron chi connectivity index (χ4n) is 1.59. The highest BCUT2D eigenvalue weighted by Gasteiger charge is 2.27. The Kier molecular flexibility index (Phi) is 5.17. The number of halogens is 1. The quantitative estimate of drug-likeness (QED) is 0.818. The highest BCUT2D eigenvalue weighted by Crippen LogP contribution is 2.26. The summed E-state index contributed by atoms with van der Waals surface area (Å²) in [5, 5.41) is 8.77. The molecule has 0 saturated heterocycles. The Bertz CT molecular complexity index is 564. The molecule has 0 spiro atoms. The third kappa shape index (κ3) is 3.80. The summed E-state index contributed by atoms with van der Waals surface area (Å²) < 4.78 is 31.6. The van der Waals surface area contributed by atoms with E-state index in [4.69, 9.17) is 9.52 Å². The van der Waals surface area contributed by atoms with Crippen molar-refractivity contribution in [1.29, 1.82) is 0 Å². The number of nitrogens with one attached hydrogen (secondary N) is 1. The van der Waals surface area contributed by atoms with Crippen LogP contribution in [0.3, 0.4) is 0 Å². The topological polar surface area (TPSA) is 96.6 Å². The summed E-state index contributed by atoms with van der Waals surface area (Å²) in [6.07, 6.45) is 0.637. The van der Waals surface area contributed by atoms with E-state index in [1.165, 1.54) is 0 Å². The summed E-state index contributed by atoms with van der Waals surface area (Å²) in [5.41, 5.74) is 0. The van der Waals surface area contributed by atoms with Gasteiger partial charge >= 0.3 is 5.97 Å². The van der Waals surface area contributed by atoms with E-state index in [0.29, 0.717) is 6.42 Å². The number of sulfonamides is 1. The standard InChI is InChI=1S/C11H16BrNO5S/c1-4-7(6(2)3)13-19(16,17)9-5-8(11(14)15)18-10(9)12/h5-7,13H,4H2,1-3H3,(H,14,15). The second kappa shape index (κ2) is 6.06. The maximum Gasteiger partial charge on any atom is 0.371 e. The van der Waals surface area contributed by atoms with Crippen LogP contribution in [0.1, 0.15) is 37.7 Å². The van der Waals surface area contributed by atoms with Crippen LogP contribution in [-0.2, 0) is 10.0 Å². The number of hydrogen-bond acceptors (Lipinski definition) is 4. The molecule has 108 valence electrons. The third-order valence-corrected chi connectivity index (χ3v) is 5.05. The van der Waals surface area contributed by atoms with Crippen molar-refractivity contribution in [3.05, 3.63) is 16.5 Å². The molecule has 1 atom stereocenters. The van der Waals surface area contributed by atoms with Gasteiger partial charge in [-0.2, -0.15) is 0 Å². The van der Waals surface area contributed by atoms with E-state index < -0.39 is 21.8 Å². The molecule has 0 amide bonds. The number of carbonyl (C=O) groups is 1. The molecule has 1 unspecified atom stereocenters. The molecule has 0 saturated carbocycles. The van der Waals surface area contributed by atoms with Crippen LogP contribution >= 0.6 is 15.9 Å². The van der Waals surface area contributed by atoms with Gasteiger partial charge in [0.15, 0.2) is 4.67 Å². The Morgan fingerprint density at radius 2 is 2.11 bits per heavy atom. The summed E-state index contributed by atoms with van der Waals surface area (Å²) in [7, 11) is -3.81. The molecule has 0 aromatic carbocycles. The Morgan fingerprint density at radius 3 is 2.47 bits per heavy atom. The summed E-state index contributed by atoms with van der Waals surface area (Å²) in [5.74, 6) is -1.62. The molecule has 0 aliphatic rings. The Hall–Kier alpha value is -0.860. The first kappa shape index (κ1) is 16.2. The molecule has 1 rings (SSSR count). The van der Waals surface area contributed by atoms with Gasteiger partial charge in [-0.3, -0.25) is 0 Å². The van der Waals surface area contributed by atoms with Gasteiger partial charge in [-0.25, -0.2) is 17.9 Å². The zero-order valence-corrected chi connectivity index (χ0v) is 13.2. The largest absolute Gasteiger partial charge is 0.475 e. The maximum atomic E-state index is 12.2. The van der Waals surface area contributed by atoms with E-state index >= 15 is 0 Å². The van der Waals surface area contributed by atoms with Crippen LogP contribution in [0.4, 0.5) is 0 Å². The first-order valence-electron chi connectivity index (χ1n) is 5.74. The second-order valence-corrected chi connectivity index (χ2v) is 6.84. The minimum Gasteiger partial charge on any atom is -0.475 e. The lowest BCUT2D eigenvalue weighted by molar-refractivity contribution is 0.0661. The molecule has 6 nitrogen and oxygen atoms in total. The summed E-state index contributed by atoms with van der Waals surface area (Å²) in [6.45, 7) is 5.69. The fraction of sp³-hybridized carbons (Fsp3) is 0.545. The van der Waals surface area contributed by atoms with Gasteiger partial charge in [0.2, 0.25) is 15.8 Å². The lowest BCUT2D eigenvalue weighted by Crippen LogP contribution is -2.37. The maximum absolute atomic E-state index is 12.2. The van der Waals surface area contributed by atoms with E-state index in [9.17, 15) is 13.2 Å². The fourth-order valence-corrected chi connectivity index (χ4v) is 4.00. The molecule has 0 fully saturated rings. The number of aromatic carboxylic acids is 1. The monoisotopic (exact) mass is 353 g/mol. The predicted molar refractivity (Wildman–Crippen MR) is 72.6 cm³/mol. The molecule has 0 bridgehead atoms. The van der Waals surface area contributed by atoms with Gasteiger partial charge in [0.1, 0.15) is 4.90 Å². The first-order chi connectivity index (χ1) is 8.69. The summed E-state index contributed by atoms with van der Waals surface area (Å²) in [6, 6.07) is 0.766. The van der Waals surface area contributed by atoms with Gasteiger partial charge in [-0.15, -0.1) is 0 Å². The van der Waals surface area contributed by atoms with Crippen LogP contribution < -0.4 is 4.72 Å². The van der Waals surface area contributed by atoms with E-state index in [-0.39, 0.29) is 21.5 Å². The molecule has 0 aliphatic heterocycles. The predicted octanol–water partition coefficient (Wildman–Crippen LogP) is 2.45. The van der Waals surface area contributed by atoms with E-state index in [1.54, 1.807) is 0 Å². The molecule has 19 heavy (non-hydrogen) atoms. The molecule has 1 heterocycles. The first-order valence-corrected chi connectivity index (χ1v) is 8.01. The van der Waals surface area contributed by atoms with Crippen molar-refractivity contribution in [2.75, 3.05) is 0 Å². The van der Waals surface area contributed by atoms with Crippen LogP contribution in [-0.4, -0.2) is 25.5 Å². The average molecular weight is 354 g/mol. The van der Waals surface area contributed by atoms with Crippen molar-refractivity contribution < 1.29 is 22.7 Å². The number of rotatable bonds is 6. The van der Waals surface area contributed by atoms with Gasteiger partial charge in [-0.05, 0) is 28.3 Å². The van der Waals surface area contributed by atoms with Gasteiger partial charge in [0, 0.05) is 12.1 Å². The normalized spacial score (nSPS) is 13.7. The highest BCUT2D eigenvalue weighted by atomic mass is 79.9. The van der Waals surface area contributed by atoms with Crippen molar-refractivity contribution >= 4 is 31.9 Å². The average Bonchev–Trinajstić information content (AvgIpc) is 2.68. The lowest BCUT2D eigenvalue weighted by atomic mass is 10.0. The molecule has 0 aliphatic carbocycles. The Labute approximate surface area is 120 Å². The zero-order chi connectivity index (χ0) is 14.8. The van der Waals surface area contributed by atoms with Gasteiger partial charge in [0.05, 0.1) is 0 Å². The minimum atomic E-state index is -3.81. The third-order valence-electron chi connectivity index (χ3n) is 2.71. The van der Waals surface area contributed by atoms with Crippen LogP contribution in [0.2, 0.25) is 0 Å². The molecular formula is C11H16BrNO5S. The highest BCUT2D eigenvalue weighted by molar-refractivity contribution is 9.10. The van der Waals surface area contributed by atoms with Gasteiger partial charge in [0.25, 0.3) is 0 Å². The van der Waals surface area contributed by atoms with E-state index in [2.05, 4.69) is 20.7 Å². The van der Waals surface area contributed by atoms with Crippen molar-refractivity contribution in [2.45, 2.75) is 38.1 Å². The van der Waals surface area contributed by atoms with E-state index in [1.807, 2.05) is 20.8 Å². The van der Waals surface area contributed by atoms with Crippen LogP contribution in [0, 0.1) is 5.92 Å². The molecule has 2 N–H and O–H groups in total. The molecule has 0 radical (unpaired) electrons. The van der Waals surface area contributed by atoms with Crippen molar-refractivity contribution in [3.8, 4) is 0 Å². The van der Waals surface area contributed by atoms with Crippen LogP contribution in [0.15, 0.2) is 20.0 Å². The van der Waals surface area contributed by atoms with Crippen molar-refractivity contribution in [2.24, 2.45) is 5.92 Å². The minimum absolute atomic E-state index is 0.115. The second-order valence-electron chi connectivity index (χ2n) is 4.43. The van der Waals surface area contributed by atoms with Crippen LogP contribution in [0.5, 0.6) is 0 Å². The van der Waals surface area contributed by atoms with Gasteiger partial charge < -0.3 is 9.52 Å². The Morgan fingerprint density at radius 1 is 1.53 bits per heavy atom. The molecule has 8 heteroatoms. The summed E-state index contributed by atoms with van der Waals surface area (Å²) in [4.78, 5) is 10.5. The SMILES string of the molecule is CCC(NS(=O)(=O)c1cc(C(=O)O)oc1Br)C(C)C.